The molecule has 1 heterocycles. The van der Waals surface area contributed by atoms with Gasteiger partial charge in [-0.05, 0) is 24.6 Å². The van der Waals surface area contributed by atoms with Gasteiger partial charge in [-0.1, -0.05) is 29.8 Å². The van der Waals surface area contributed by atoms with E-state index in [0.717, 1.165) is 28.5 Å². The molecule has 0 spiro atoms. The lowest BCUT2D eigenvalue weighted by Gasteiger charge is -2.09. The van der Waals surface area contributed by atoms with Crippen LogP contribution in [0, 0.1) is 0 Å². The maximum atomic E-state index is 5.79. The maximum Gasteiger partial charge on any atom is 0.123 e. The zero-order valence-electron chi connectivity index (χ0n) is 11.1. The molecule has 0 bridgehead atoms. The van der Waals surface area contributed by atoms with Crippen LogP contribution in [0.1, 0.15) is 12.0 Å². The molecule has 3 nitrogen and oxygen atoms in total. The van der Waals surface area contributed by atoms with Gasteiger partial charge in [-0.25, -0.2) is 4.98 Å². The number of hydrogen-bond acceptors (Lipinski definition) is 4. The zero-order valence-corrected chi connectivity index (χ0v) is 12.7. The van der Waals surface area contributed by atoms with E-state index >= 15 is 0 Å². The minimum Gasteiger partial charge on any atom is -0.493 e. The van der Waals surface area contributed by atoms with E-state index in [2.05, 4.69) is 4.98 Å². The summed E-state index contributed by atoms with van der Waals surface area (Å²) in [5.74, 6) is 1.84. The molecular weight excluding hydrogens is 292 g/mol. The Morgan fingerprint density at radius 1 is 1.20 bits per heavy atom. The van der Waals surface area contributed by atoms with Crippen LogP contribution in [-0.2, 0) is 6.54 Å². The summed E-state index contributed by atoms with van der Waals surface area (Å²) < 4.78 is 5.75. The lowest BCUT2D eigenvalue weighted by Crippen LogP contribution is -2.04. The van der Waals surface area contributed by atoms with Crippen LogP contribution in [-0.4, -0.2) is 17.3 Å². The average Bonchev–Trinajstić information content (AvgIpc) is 2.49. The summed E-state index contributed by atoms with van der Waals surface area (Å²) in [5, 5.41) is 1.65. The molecule has 0 aliphatic carbocycles. The molecule has 0 aliphatic heterocycles. The highest BCUT2D eigenvalue weighted by molar-refractivity contribution is 7.99. The van der Waals surface area contributed by atoms with Gasteiger partial charge in [-0.3, -0.25) is 0 Å². The van der Waals surface area contributed by atoms with Crippen LogP contribution in [0.3, 0.4) is 0 Å². The van der Waals surface area contributed by atoms with Crippen molar-refractivity contribution in [3.05, 3.63) is 53.2 Å². The number of aromatic nitrogens is 1. The molecule has 2 rings (SSSR count). The van der Waals surface area contributed by atoms with E-state index in [0.29, 0.717) is 18.2 Å². The van der Waals surface area contributed by atoms with Crippen LogP contribution in [0.2, 0.25) is 5.02 Å². The third-order valence-electron chi connectivity index (χ3n) is 2.69. The fourth-order valence-electron chi connectivity index (χ4n) is 1.68. The van der Waals surface area contributed by atoms with Gasteiger partial charge in [-0.15, -0.1) is 11.8 Å². The second kappa shape index (κ2) is 8.15. The first kappa shape index (κ1) is 15.2. The number of para-hydroxylation sites is 1. The number of benzene rings is 1. The van der Waals surface area contributed by atoms with E-state index < -0.39 is 0 Å². The van der Waals surface area contributed by atoms with Crippen molar-refractivity contribution in [2.45, 2.75) is 18.0 Å². The first-order chi connectivity index (χ1) is 9.79. The maximum absolute atomic E-state index is 5.79. The van der Waals surface area contributed by atoms with E-state index in [1.807, 2.05) is 36.4 Å². The molecule has 0 aliphatic rings. The van der Waals surface area contributed by atoms with Crippen molar-refractivity contribution in [3.8, 4) is 5.75 Å². The smallest absolute Gasteiger partial charge is 0.123 e. The quantitative estimate of drug-likeness (QED) is 0.625. The Morgan fingerprint density at radius 2 is 2.05 bits per heavy atom. The second-order valence-corrected chi connectivity index (χ2v) is 5.73. The standard InChI is InChI=1S/C15H17ClN2OS/c16-13-6-7-15(18-11-13)20-9-3-8-19-14-5-2-1-4-12(14)10-17/h1-2,4-7,11H,3,8-10,17H2. The number of thioether (sulfide) groups is 1. The van der Waals surface area contributed by atoms with Crippen molar-refractivity contribution in [3.63, 3.8) is 0 Å². The number of nitrogens with two attached hydrogens (primary N) is 1. The summed E-state index contributed by atoms with van der Waals surface area (Å²) in [5.41, 5.74) is 6.71. The molecule has 0 saturated carbocycles. The molecule has 5 heteroatoms. The third-order valence-corrected chi connectivity index (χ3v) is 3.94. The van der Waals surface area contributed by atoms with Gasteiger partial charge in [0.25, 0.3) is 0 Å². The van der Waals surface area contributed by atoms with Crippen LogP contribution in [0.25, 0.3) is 0 Å². The Kier molecular flexibility index (Phi) is 6.18. The lowest BCUT2D eigenvalue weighted by atomic mass is 10.2. The van der Waals surface area contributed by atoms with Crippen molar-refractivity contribution in [1.82, 2.24) is 4.98 Å². The molecule has 1 aromatic carbocycles. The minimum atomic E-state index is 0.500. The summed E-state index contributed by atoms with van der Waals surface area (Å²) >= 11 is 7.49. The Balaban J connectivity index is 1.70. The van der Waals surface area contributed by atoms with Gasteiger partial charge in [0.1, 0.15) is 5.75 Å². The van der Waals surface area contributed by atoms with Gasteiger partial charge in [-0.2, -0.15) is 0 Å². The fourth-order valence-corrected chi connectivity index (χ4v) is 2.55. The van der Waals surface area contributed by atoms with Gasteiger partial charge in [0.05, 0.1) is 16.7 Å². The van der Waals surface area contributed by atoms with E-state index in [9.17, 15) is 0 Å². The molecule has 0 fully saturated rings. The van der Waals surface area contributed by atoms with Gasteiger partial charge in [0.15, 0.2) is 0 Å². The Bertz CT molecular complexity index is 534. The molecular formula is C15H17ClN2OS. The molecule has 0 amide bonds. The topological polar surface area (TPSA) is 48.1 Å². The molecule has 106 valence electrons. The molecule has 0 radical (unpaired) electrons. The summed E-state index contributed by atoms with van der Waals surface area (Å²) in [6.07, 6.45) is 2.62. The van der Waals surface area contributed by atoms with Crippen molar-refractivity contribution in [2.75, 3.05) is 12.4 Å². The number of hydrogen-bond donors (Lipinski definition) is 1. The normalized spacial score (nSPS) is 10.5. The summed E-state index contributed by atoms with van der Waals surface area (Å²) in [7, 11) is 0. The average molecular weight is 309 g/mol. The van der Waals surface area contributed by atoms with E-state index in [1.54, 1.807) is 18.0 Å². The lowest BCUT2D eigenvalue weighted by molar-refractivity contribution is 0.315. The Morgan fingerprint density at radius 3 is 2.80 bits per heavy atom. The van der Waals surface area contributed by atoms with Gasteiger partial charge in [0, 0.05) is 24.1 Å². The molecule has 0 saturated heterocycles. The van der Waals surface area contributed by atoms with Gasteiger partial charge in [0.2, 0.25) is 0 Å². The van der Waals surface area contributed by atoms with Crippen LogP contribution in [0.15, 0.2) is 47.6 Å². The van der Waals surface area contributed by atoms with Gasteiger partial charge < -0.3 is 10.5 Å². The van der Waals surface area contributed by atoms with Gasteiger partial charge >= 0.3 is 0 Å². The third kappa shape index (κ3) is 4.71. The van der Waals surface area contributed by atoms with Crippen LogP contribution < -0.4 is 10.5 Å². The number of halogens is 1. The predicted octanol–water partition coefficient (Wildman–Crippen LogP) is 3.75. The highest BCUT2D eigenvalue weighted by atomic mass is 35.5. The largest absolute Gasteiger partial charge is 0.493 e. The predicted molar refractivity (Wildman–Crippen MR) is 84.4 cm³/mol. The second-order valence-electron chi connectivity index (χ2n) is 4.18. The molecule has 20 heavy (non-hydrogen) atoms. The number of pyridine rings is 1. The Labute approximate surface area is 128 Å². The number of ether oxygens (including phenoxy) is 1. The molecule has 2 aromatic rings. The first-order valence-electron chi connectivity index (χ1n) is 6.44. The number of rotatable bonds is 7. The molecule has 0 unspecified atom stereocenters. The summed E-state index contributed by atoms with van der Waals surface area (Å²) in [6.45, 7) is 1.18. The van der Waals surface area contributed by atoms with Crippen LogP contribution in [0.4, 0.5) is 0 Å². The number of nitrogens with zero attached hydrogens (tertiary/aromatic N) is 1. The highest BCUT2D eigenvalue weighted by Gasteiger charge is 2.01. The molecule has 0 atom stereocenters. The van der Waals surface area contributed by atoms with Crippen molar-refractivity contribution in [1.29, 1.82) is 0 Å². The van der Waals surface area contributed by atoms with Crippen molar-refractivity contribution < 1.29 is 4.74 Å². The minimum absolute atomic E-state index is 0.500. The van der Waals surface area contributed by atoms with E-state index in [1.165, 1.54) is 0 Å². The molecule has 1 aromatic heterocycles. The zero-order chi connectivity index (χ0) is 14.2. The highest BCUT2D eigenvalue weighted by Crippen LogP contribution is 2.20. The Hall–Kier alpha value is -1.23. The molecule has 2 N–H and O–H groups in total. The SMILES string of the molecule is NCc1ccccc1OCCCSc1ccc(Cl)cn1. The fraction of sp³-hybridized carbons (Fsp3) is 0.267. The van der Waals surface area contributed by atoms with Crippen LogP contribution >= 0.6 is 23.4 Å². The van der Waals surface area contributed by atoms with Crippen molar-refractivity contribution >= 4 is 23.4 Å². The monoisotopic (exact) mass is 308 g/mol. The van der Waals surface area contributed by atoms with E-state index in [4.69, 9.17) is 22.1 Å². The summed E-state index contributed by atoms with van der Waals surface area (Å²) in [6, 6.07) is 11.7. The first-order valence-corrected chi connectivity index (χ1v) is 7.81. The van der Waals surface area contributed by atoms with Crippen LogP contribution in [0.5, 0.6) is 5.75 Å². The summed E-state index contributed by atoms with van der Waals surface area (Å²) in [4.78, 5) is 4.24. The van der Waals surface area contributed by atoms with E-state index in [-0.39, 0.29) is 0 Å². The van der Waals surface area contributed by atoms with Crippen molar-refractivity contribution in [2.24, 2.45) is 5.73 Å².